The van der Waals surface area contributed by atoms with Crippen molar-refractivity contribution in [1.29, 1.82) is 0 Å². The molecule has 0 aliphatic carbocycles. The maximum Gasteiger partial charge on any atom is 0.133 e. The summed E-state index contributed by atoms with van der Waals surface area (Å²) in [5.74, 6) is 0.851. The fraction of sp³-hybridized carbons (Fsp3) is 0.267. The molecule has 4 heteroatoms. The van der Waals surface area contributed by atoms with Crippen molar-refractivity contribution in [3.8, 4) is 5.75 Å². The molecule has 1 aromatic heterocycles. The lowest BCUT2D eigenvalue weighted by Crippen LogP contribution is -2.18. The van der Waals surface area contributed by atoms with Crippen molar-refractivity contribution in [3.05, 3.63) is 58.3 Å². The summed E-state index contributed by atoms with van der Waals surface area (Å²) < 4.78 is 6.19. The quantitative estimate of drug-likeness (QED) is 0.912. The van der Waals surface area contributed by atoms with Crippen molar-refractivity contribution in [2.75, 3.05) is 7.11 Å². The first-order valence-electron chi connectivity index (χ1n) is 6.16. The molecule has 19 heavy (non-hydrogen) atoms. The minimum Gasteiger partial charge on any atom is -0.496 e. The molecule has 1 heterocycles. The molecule has 0 saturated heterocycles. The van der Waals surface area contributed by atoms with Gasteiger partial charge in [0.1, 0.15) is 5.75 Å². The molecule has 0 aliphatic rings. The Labute approximate surface area is 122 Å². The molecule has 0 saturated carbocycles. The zero-order valence-corrected chi connectivity index (χ0v) is 12.6. The highest BCUT2D eigenvalue weighted by atomic mass is 79.9. The number of aromatic nitrogens is 1. The zero-order chi connectivity index (χ0) is 13.7. The van der Waals surface area contributed by atoms with Gasteiger partial charge in [0.25, 0.3) is 0 Å². The highest BCUT2D eigenvalue weighted by Crippen LogP contribution is 2.25. The van der Waals surface area contributed by atoms with Crippen LogP contribution in [0.1, 0.15) is 24.1 Å². The van der Waals surface area contributed by atoms with Crippen molar-refractivity contribution in [3.63, 3.8) is 0 Å². The number of nitrogens with one attached hydrogen (secondary N) is 1. The Morgan fingerprint density at radius 2 is 2.21 bits per heavy atom. The maximum atomic E-state index is 5.22. The standard InChI is InChI=1S/C15H17BrN2O/c1-11(13-4-3-7-17-10-13)18-9-12-5-6-15(19-2)14(16)8-12/h3-8,10-11,18H,9H2,1-2H3. The molecule has 3 nitrogen and oxygen atoms in total. The van der Waals surface area contributed by atoms with Crippen molar-refractivity contribution < 1.29 is 4.74 Å². The Morgan fingerprint density at radius 1 is 1.37 bits per heavy atom. The van der Waals surface area contributed by atoms with E-state index in [9.17, 15) is 0 Å². The molecule has 0 radical (unpaired) electrons. The molecule has 0 fully saturated rings. The largest absolute Gasteiger partial charge is 0.496 e. The Bertz CT molecular complexity index is 531. The number of hydrogen-bond acceptors (Lipinski definition) is 3. The van der Waals surface area contributed by atoms with Crippen LogP contribution in [0, 0.1) is 0 Å². The summed E-state index contributed by atoms with van der Waals surface area (Å²) in [6, 6.07) is 10.4. The minimum absolute atomic E-state index is 0.273. The van der Waals surface area contributed by atoms with Gasteiger partial charge in [0.15, 0.2) is 0 Å². The molecular formula is C15H17BrN2O. The van der Waals surface area contributed by atoms with E-state index < -0.39 is 0 Å². The van der Waals surface area contributed by atoms with Gasteiger partial charge in [-0.1, -0.05) is 12.1 Å². The predicted molar refractivity (Wildman–Crippen MR) is 80.2 cm³/mol. The first-order valence-corrected chi connectivity index (χ1v) is 6.95. The molecule has 100 valence electrons. The molecule has 2 aromatic rings. The monoisotopic (exact) mass is 320 g/mol. The van der Waals surface area contributed by atoms with Crippen LogP contribution in [0.4, 0.5) is 0 Å². The molecule has 2 rings (SSSR count). The van der Waals surface area contributed by atoms with E-state index in [0.29, 0.717) is 0 Å². The number of hydrogen-bond donors (Lipinski definition) is 1. The highest BCUT2D eigenvalue weighted by Gasteiger charge is 2.06. The molecular weight excluding hydrogens is 304 g/mol. The van der Waals surface area contributed by atoms with Gasteiger partial charge in [0.05, 0.1) is 11.6 Å². The van der Waals surface area contributed by atoms with Gasteiger partial charge in [-0.15, -0.1) is 0 Å². The van der Waals surface area contributed by atoms with Gasteiger partial charge < -0.3 is 10.1 Å². The number of pyridine rings is 1. The summed E-state index contributed by atoms with van der Waals surface area (Å²) in [5.41, 5.74) is 2.40. The highest BCUT2D eigenvalue weighted by molar-refractivity contribution is 9.10. The molecule has 0 spiro atoms. The number of methoxy groups -OCH3 is 1. The summed E-state index contributed by atoms with van der Waals surface area (Å²) in [5, 5.41) is 3.48. The van der Waals surface area contributed by atoms with E-state index >= 15 is 0 Å². The lowest BCUT2D eigenvalue weighted by atomic mass is 10.1. The smallest absolute Gasteiger partial charge is 0.133 e. The lowest BCUT2D eigenvalue weighted by molar-refractivity contribution is 0.412. The summed E-state index contributed by atoms with van der Waals surface area (Å²) in [7, 11) is 1.67. The Kier molecular flexibility index (Phi) is 4.93. The van der Waals surface area contributed by atoms with E-state index in [1.54, 1.807) is 13.3 Å². The number of rotatable bonds is 5. The fourth-order valence-corrected chi connectivity index (χ4v) is 2.43. The van der Waals surface area contributed by atoms with E-state index in [-0.39, 0.29) is 6.04 Å². The van der Waals surface area contributed by atoms with Gasteiger partial charge in [0, 0.05) is 25.0 Å². The number of halogens is 1. The molecule has 1 unspecified atom stereocenters. The molecule has 1 aromatic carbocycles. The first kappa shape index (κ1) is 14.0. The van der Waals surface area contributed by atoms with Gasteiger partial charge in [-0.3, -0.25) is 4.98 Å². The van der Waals surface area contributed by atoms with E-state index in [2.05, 4.69) is 51.4 Å². The summed E-state index contributed by atoms with van der Waals surface area (Å²) in [4.78, 5) is 4.13. The van der Waals surface area contributed by atoms with Gasteiger partial charge in [-0.2, -0.15) is 0 Å². The average Bonchev–Trinajstić information content (AvgIpc) is 2.46. The molecule has 0 bridgehead atoms. The third-order valence-electron chi connectivity index (χ3n) is 3.01. The number of benzene rings is 1. The van der Waals surface area contributed by atoms with E-state index in [1.165, 1.54) is 11.1 Å². The lowest BCUT2D eigenvalue weighted by Gasteiger charge is -2.14. The van der Waals surface area contributed by atoms with E-state index in [4.69, 9.17) is 4.74 Å². The van der Waals surface area contributed by atoms with Gasteiger partial charge >= 0.3 is 0 Å². The molecule has 0 aliphatic heterocycles. The second-order valence-electron chi connectivity index (χ2n) is 4.36. The van der Waals surface area contributed by atoms with Crippen LogP contribution in [0.5, 0.6) is 5.75 Å². The van der Waals surface area contributed by atoms with Crippen molar-refractivity contribution in [2.45, 2.75) is 19.5 Å². The van der Waals surface area contributed by atoms with Gasteiger partial charge in [-0.05, 0) is 52.2 Å². The Morgan fingerprint density at radius 3 is 2.84 bits per heavy atom. The average molecular weight is 321 g/mol. The fourth-order valence-electron chi connectivity index (χ4n) is 1.84. The Hall–Kier alpha value is -1.39. The molecule has 1 atom stereocenters. The van der Waals surface area contributed by atoms with Crippen LogP contribution in [0.15, 0.2) is 47.2 Å². The number of nitrogens with zero attached hydrogens (tertiary/aromatic N) is 1. The summed E-state index contributed by atoms with van der Waals surface area (Å²) >= 11 is 3.50. The maximum absolute atomic E-state index is 5.22. The summed E-state index contributed by atoms with van der Waals surface area (Å²) in [6.07, 6.45) is 3.68. The number of ether oxygens (including phenoxy) is 1. The van der Waals surface area contributed by atoms with Crippen molar-refractivity contribution >= 4 is 15.9 Å². The molecule has 0 amide bonds. The Balaban J connectivity index is 1.97. The van der Waals surface area contributed by atoms with Crippen LogP contribution in [0.25, 0.3) is 0 Å². The van der Waals surface area contributed by atoms with Crippen molar-refractivity contribution in [1.82, 2.24) is 10.3 Å². The van der Waals surface area contributed by atoms with Crippen LogP contribution in [0.3, 0.4) is 0 Å². The van der Waals surface area contributed by atoms with Crippen LogP contribution in [-0.2, 0) is 6.54 Å². The predicted octanol–water partition coefficient (Wildman–Crippen LogP) is 3.70. The van der Waals surface area contributed by atoms with Crippen LogP contribution >= 0.6 is 15.9 Å². The van der Waals surface area contributed by atoms with Gasteiger partial charge in [0.2, 0.25) is 0 Å². The van der Waals surface area contributed by atoms with Crippen LogP contribution in [0.2, 0.25) is 0 Å². The second kappa shape index (κ2) is 6.68. The summed E-state index contributed by atoms with van der Waals surface area (Å²) in [6.45, 7) is 2.94. The third-order valence-corrected chi connectivity index (χ3v) is 3.63. The first-order chi connectivity index (χ1) is 9.20. The second-order valence-corrected chi connectivity index (χ2v) is 5.21. The third kappa shape index (κ3) is 3.78. The van der Waals surface area contributed by atoms with Crippen LogP contribution < -0.4 is 10.1 Å². The van der Waals surface area contributed by atoms with Gasteiger partial charge in [-0.25, -0.2) is 0 Å². The van der Waals surface area contributed by atoms with E-state index in [0.717, 1.165) is 16.8 Å². The molecule has 1 N–H and O–H groups in total. The normalized spacial score (nSPS) is 12.2. The SMILES string of the molecule is COc1ccc(CNC(C)c2cccnc2)cc1Br. The minimum atomic E-state index is 0.273. The van der Waals surface area contributed by atoms with Crippen molar-refractivity contribution in [2.24, 2.45) is 0 Å². The van der Waals surface area contributed by atoms with Crippen LogP contribution in [-0.4, -0.2) is 12.1 Å². The topological polar surface area (TPSA) is 34.1 Å². The zero-order valence-electron chi connectivity index (χ0n) is 11.1. The van der Waals surface area contributed by atoms with E-state index in [1.807, 2.05) is 18.3 Å².